The highest BCUT2D eigenvalue weighted by Crippen LogP contribution is 2.32. The van der Waals surface area contributed by atoms with Gasteiger partial charge in [0.05, 0.1) is 11.4 Å². The van der Waals surface area contributed by atoms with E-state index < -0.39 is 0 Å². The quantitative estimate of drug-likeness (QED) is 0.923. The number of pyridine rings is 1. The number of fused-ring (bicyclic) bond motifs is 1. The lowest BCUT2D eigenvalue weighted by atomic mass is 10.1. The molecule has 0 atom stereocenters. The minimum atomic E-state index is 0.907. The molecule has 1 aliphatic rings. The Morgan fingerprint density at radius 3 is 3.11 bits per heavy atom. The molecule has 0 spiro atoms. The fourth-order valence-corrected chi connectivity index (χ4v) is 2.61. The molecule has 1 aromatic heterocycles. The first-order valence-corrected chi connectivity index (χ1v) is 6.79. The molecule has 0 bridgehead atoms. The van der Waals surface area contributed by atoms with Gasteiger partial charge in [0.15, 0.2) is 0 Å². The molecule has 1 aliphatic heterocycles. The summed E-state index contributed by atoms with van der Waals surface area (Å²) in [6, 6.07) is 10.5. The minimum Gasteiger partial charge on any atom is -0.382 e. The van der Waals surface area contributed by atoms with Crippen molar-refractivity contribution in [1.29, 1.82) is 0 Å². The number of hydrogen-bond acceptors (Lipinski definition) is 3. The SMILES string of the molecule is Brc1ccc2c(c1)NCCN2Cc1cccnc1. The summed E-state index contributed by atoms with van der Waals surface area (Å²) in [6.07, 6.45) is 3.74. The second-order valence-corrected chi connectivity index (χ2v) is 5.29. The van der Waals surface area contributed by atoms with Crippen LogP contribution in [-0.4, -0.2) is 18.1 Å². The number of anilines is 2. The van der Waals surface area contributed by atoms with Gasteiger partial charge in [-0.05, 0) is 29.8 Å². The van der Waals surface area contributed by atoms with Crippen molar-refractivity contribution in [2.45, 2.75) is 6.54 Å². The molecule has 92 valence electrons. The van der Waals surface area contributed by atoms with E-state index in [9.17, 15) is 0 Å². The maximum absolute atomic E-state index is 4.17. The van der Waals surface area contributed by atoms with Crippen LogP contribution < -0.4 is 10.2 Å². The summed E-state index contributed by atoms with van der Waals surface area (Å²) >= 11 is 3.51. The third-order valence-electron chi connectivity index (χ3n) is 3.09. The smallest absolute Gasteiger partial charge is 0.0606 e. The molecule has 0 fully saturated rings. The molecule has 0 amide bonds. The van der Waals surface area contributed by atoms with Crippen molar-refractivity contribution >= 4 is 27.3 Å². The number of nitrogens with one attached hydrogen (secondary N) is 1. The van der Waals surface area contributed by atoms with Gasteiger partial charge in [0, 0.05) is 36.5 Å². The predicted molar refractivity (Wildman–Crippen MR) is 77.9 cm³/mol. The van der Waals surface area contributed by atoms with E-state index in [2.05, 4.69) is 55.4 Å². The Hall–Kier alpha value is -1.55. The van der Waals surface area contributed by atoms with Crippen LogP contribution in [0.1, 0.15) is 5.56 Å². The zero-order valence-electron chi connectivity index (χ0n) is 9.94. The van der Waals surface area contributed by atoms with Gasteiger partial charge in [-0.15, -0.1) is 0 Å². The van der Waals surface area contributed by atoms with E-state index in [0.717, 1.165) is 24.1 Å². The van der Waals surface area contributed by atoms with Crippen molar-refractivity contribution < 1.29 is 0 Å². The highest BCUT2D eigenvalue weighted by molar-refractivity contribution is 9.10. The van der Waals surface area contributed by atoms with E-state index in [4.69, 9.17) is 0 Å². The lowest BCUT2D eigenvalue weighted by Gasteiger charge is -2.32. The van der Waals surface area contributed by atoms with E-state index >= 15 is 0 Å². The number of benzene rings is 1. The summed E-state index contributed by atoms with van der Waals surface area (Å²) in [6.45, 7) is 2.90. The Bertz CT molecular complexity index is 542. The van der Waals surface area contributed by atoms with Crippen LogP contribution in [0.2, 0.25) is 0 Å². The molecule has 1 N–H and O–H groups in total. The average molecular weight is 304 g/mol. The topological polar surface area (TPSA) is 28.2 Å². The summed E-state index contributed by atoms with van der Waals surface area (Å²) < 4.78 is 1.11. The molecular formula is C14H14BrN3. The van der Waals surface area contributed by atoms with Gasteiger partial charge in [-0.1, -0.05) is 22.0 Å². The number of nitrogens with zero attached hydrogens (tertiary/aromatic N) is 2. The number of aromatic nitrogens is 1. The van der Waals surface area contributed by atoms with Crippen molar-refractivity contribution in [3.63, 3.8) is 0 Å². The van der Waals surface area contributed by atoms with Crippen LogP contribution in [0, 0.1) is 0 Å². The van der Waals surface area contributed by atoms with Crippen LogP contribution in [-0.2, 0) is 6.54 Å². The molecular weight excluding hydrogens is 290 g/mol. The molecule has 2 aromatic rings. The van der Waals surface area contributed by atoms with Gasteiger partial charge in [0.2, 0.25) is 0 Å². The van der Waals surface area contributed by atoms with E-state index in [1.54, 1.807) is 0 Å². The molecule has 3 rings (SSSR count). The number of hydrogen-bond donors (Lipinski definition) is 1. The van der Waals surface area contributed by atoms with Crippen LogP contribution in [0.3, 0.4) is 0 Å². The van der Waals surface area contributed by atoms with Crippen molar-refractivity contribution in [1.82, 2.24) is 4.98 Å². The van der Waals surface area contributed by atoms with Gasteiger partial charge in [-0.2, -0.15) is 0 Å². The van der Waals surface area contributed by atoms with Crippen molar-refractivity contribution in [3.8, 4) is 0 Å². The number of halogens is 1. The van der Waals surface area contributed by atoms with E-state index in [0.29, 0.717) is 0 Å². The number of rotatable bonds is 2. The molecule has 0 unspecified atom stereocenters. The lowest BCUT2D eigenvalue weighted by Crippen LogP contribution is -2.33. The largest absolute Gasteiger partial charge is 0.382 e. The third-order valence-corrected chi connectivity index (χ3v) is 3.59. The van der Waals surface area contributed by atoms with Gasteiger partial charge in [-0.3, -0.25) is 4.98 Å². The Morgan fingerprint density at radius 2 is 2.28 bits per heavy atom. The van der Waals surface area contributed by atoms with Gasteiger partial charge in [0.25, 0.3) is 0 Å². The van der Waals surface area contributed by atoms with Crippen LogP contribution >= 0.6 is 15.9 Å². The molecule has 0 aliphatic carbocycles. The molecule has 0 saturated carbocycles. The highest BCUT2D eigenvalue weighted by Gasteiger charge is 2.16. The average Bonchev–Trinajstić information content (AvgIpc) is 2.40. The summed E-state index contributed by atoms with van der Waals surface area (Å²) in [5.41, 5.74) is 3.70. The third kappa shape index (κ3) is 2.34. The van der Waals surface area contributed by atoms with Crippen LogP contribution in [0.4, 0.5) is 11.4 Å². The van der Waals surface area contributed by atoms with Gasteiger partial charge in [0.1, 0.15) is 0 Å². The first kappa shape index (κ1) is 11.5. The molecule has 1 aromatic carbocycles. The van der Waals surface area contributed by atoms with Crippen LogP contribution in [0.5, 0.6) is 0 Å². The minimum absolute atomic E-state index is 0.907. The molecule has 2 heterocycles. The summed E-state index contributed by atoms with van der Waals surface area (Å²) in [5, 5.41) is 3.43. The lowest BCUT2D eigenvalue weighted by molar-refractivity contribution is 0.784. The van der Waals surface area contributed by atoms with E-state index in [-0.39, 0.29) is 0 Å². The fourth-order valence-electron chi connectivity index (χ4n) is 2.25. The molecule has 0 saturated heterocycles. The summed E-state index contributed by atoms with van der Waals surface area (Å²) in [5.74, 6) is 0. The van der Waals surface area contributed by atoms with E-state index in [1.165, 1.54) is 16.9 Å². The zero-order chi connectivity index (χ0) is 12.4. The molecule has 4 heteroatoms. The van der Waals surface area contributed by atoms with Crippen LogP contribution in [0.25, 0.3) is 0 Å². The molecule has 18 heavy (non-hydrogen) atoms. The Morgan fingerprint density at radius 1 is 1.33 bits per heavy atom. The van der Waals surface area contributed by atoms with Gasteiger partial charge >= 0.3 is 0 Å². The predicted octanol–water partition coefficient (Wildman–Crippen LogP) is 3.28. The maximum atomic E-state index is 4.17. The first-order chi connectivity index (χ1) is 8.83. The van der Waals surface area contributed by atoms with Gasteiger partial charge in [-0.25, -0.2) is 0 Å². The van der Waals surface area contributed by atoms with Crippen LogP contribution in [0.15, 0.2) is 47.2 Å². The molecule has 0 radical (unpaired) electrons. The Kier molecular flexibility index (Phi) is 3.19. The van der Waals surface area contributed by atoms with Crippen molar-refractivity contribution in [3.05, 3.63) is 52.8 Å². The monoisotopic (exact) mass is 303 g/mol. The maximum Gasteiger partial charge on any atom is 0.0606 e. The fraction of sp³-hybridized carbons (Fsp3) is 0.214. The standard InChI is InChI=1S/C14H14BrN3/c15-12-3-4-14-13(8-12)17-6-7-18(14)10-11-2-1-5-16-9-11/h1-5,8-9,17H,6-7,10H2. The molecule has 3 nitrogen and oxygen atoms in total. The second kappa shape index (κ2) is 4.98. The summed E-state index contributed by atoms with van der Waals surface area (Å²) in [7, 11) is 0. The normalized spacial score (nSPS) is 13.9. The van der Waals surface area contributed by atoms with Crippen molar-refractivity contribution in [2.24, 2.45) is 0 Å². The second-order valence-electron chi connectivity index (χ2n) is 4.37. The Labute approximate surface area is 115 Å². The van der Waals surface area contributed by atoms with E-state index in [1.807, 2.05) is 18.5 Å². The van der Waals surface area contributed by atoms with Crippen molar-refractivity contribution in [2.75, 3.05) is 23.3 Å². The zero-order valence-corrected chi connectivity index (χ0v) is 11.5. The Balaban J connectivity index is 1.87. The van der Waals surface area contributed by atoms with Gasteiger partial charge < -0.3 is 10.2 Å². The summed E-state index contributed by atoms with van der Waals surface area (Å²) in [4.78, 5) is 6.55. The first-order valence-electron chi connectivity index (χ1n) is 6.00. The highest BCUT2D eigenvalue weighted by atomic mass is 79.9.